The number of ketones is 1. The van der Waals surface area contributed by atoms with Gasteiger partial charge in [0.25, 0.3) is 0 Å². The number of rotatable bonds is 3. The maximum absolute atomic E-state index is 12.6. The summed E-state index contributed by atoms with van der Waals surface area (Å²) < 4.78 is 5.06. The third-order valence-electron chi connectivity index (χ3n) is 3.51. The molecule has 1 aliphatic carbocycles. The van der Waals surface area contributed by atoms with Gasteiger partial charge < -0.3 is 4.74 Å². The summed E-state index contributed by atoms with van der Waals surface area (Å²) in [5, 5.41) is 0.463. The van der Waals surface area contributed by atoms with Gasteiger partial charge in [-0.2, -0.15) is 0 Å². The quantitative estimate of drug-likeness (QED) is 0.637. The molecule has 0 amide bonds. The molecular weight excluding hydrogens is 300 g/mol. The molecule has 22 heavy (non-hydrogen) atoms. The van der Waals surface area contributed by atoms with Crippen LogP contribution in [0.2, 0.25) is 5.02 Å². The van der Waals surface area contributed by atoms with Crippen LogP contribution in [0.15, 0.2) is 54.1 Å². The third kappa shape index (κ3) is 2.34. The fourth-order valence-electron chi connectivity index (χ4n) is 2.61. The number of carbonyl (C=O) groups excluding carboxylic acids is 2. The van der Waals surface area contributed by atoms with E-state index in [1.807, 2.05) is 30.3 Å². The average molecular weight is 313 g/mol. The maximum atomic E-state index is 12.6. The SMILES string of the molecule is CCOC(=O)C1=C(c2ccccc2)c2ccc(Cl)cc2C1=O. The minimum absolute atomic E-state index is 0.0744. The van der Waals surface area contributed by atoms with Crippen LogP contribution in [0, 0.1) is 0 Å². The molecule has 0 N–H and O–H groups in total. The molecule has 0 bridgehead atoms. The van der Waals surface area contributed by atoms with E-state index in [1.165, 1.54) is 0 Å². The second-order valence-corrected chi connectivity index (χ2v) is 5.29. The third-order valence-corrected chi connectivity index (χ3v) is 3.75. The number of ether oxygens (including phenoxy) is 1. The maximum Gasteiger partial charge on any atom is 0.342 e. The van der Waals surface area contributed by atoms with Crippen LogP contribution in [-0.2, 0) is 9.53 Å². The van der Waals surface area contributed by atoms with Gasteiger partial charge in [0, 0.05) is 16.2 Å². The van der Waals surface area contributed by atoms with E-state index in [0.29, 0.717) is 21.7 Å². The minimum atomic E-state index is -0.598. The van der Waals surface area contributed by atoms with Crippen molar-refractivity contribution < 1.29 is 14.3 Å². The summed E-state index contributed by atoms with van der Waals surface area (Å²) in [6, 6.07) is 14.4. The molecule has 2 aromatic rings. The first-order valence-corrected chi connectivity index (χ1v) is 7.32. The smallest absolute Gasteiger partial charge is 0.342 e. The first-order valence-electron chi connectivity index (χ1n) is 6.95. The van der Waals surface area contributed by atoms with Crippen LogP contribution in [-0.4, -0.2) is 18.4 Å². The van der Waals surface area contributed by atoms with Crippen molar-refractivity contribution in [3.8, 4) is 0 Å². The van der Waals surface area contributed by atoms with E-state index >= 15 is 0 Å². The van der Waals surface area contributed by atoms with Gasteiger partial charge in [-0.25, -0.2) is 4.79 Å². The summed E-state index contributed by atoms with van der Waals surface area (Å²) in [6.45, 7) is 1.93. The lowest BCUT2D eigenvalue weighted by atomic mass is 9.97. The average Bonchev–Trinajstić information content (AvgIpc) is 2.81. The zero-order chi connectivity index (χ0) is 15.7. The largest absolute Gasteiger partial charge is 0.462 e. The number of hydrogen-bond donors (Lipinski definition) is 0. The predicted molar refractivity (Wildman–Crippen MR) is 84.9 cm³/mol. The Kier molecular flexibility index (Phi) is 3.82. The molecule has 0 fully saturated rings. The van der Waals surface area contributed by atoms with E-state index in [2.05, 4.69) is 0 Å². The fraction of sp³-hybridized carbons (Fsp3) is 0.111. The minimum Gasteiger partial charge on any atom is -0.462 e. The summed E-state index contributed by atoms with van der Waals surface area (Å²) in [6.07, 6.45) is 0. The van der Waals surface area contributed by atoms with Gasteiger partial charge in [-0.1, -0.05) is 48.0 Å². The molecule has 0 spiro atoms. The first-order chi connectivity index (χ1) is 10.6. The van der Waals surface area contributed by atoms with Gasteiger partial charge in [-0.3, -0.25) is 4.79 Å². The summed E-state index contributed by atoms with van der Waals surface area (Å²) in [4.78, 5) is 24.9. The van der Waals surface area contributed by atoms with Gasteiger partial charge >= 0.3 is 5.97 Å². The van der Waals surface area contributed by atoms with Crippen molar-refractivity contribution in [3.05, 3.63) is 75.8 Å². The highest BCUT2D eigenvalue weighted by atomic mass is 35.5. The van der Waals surface area contributed by atoms with Crippen LogP contribution >= 0.6 is 11.6 Å². The van der Waals surface area contributed by atoms with Crippen LogP contribution in [0.5, 0.6) is 0 Å². The van der Waals surface area contributed by atoms with Gasteiger partial charge in [0.1, 0.15) is 5.57 Å². The van der Waals surface area contributed by atoms with E-state index in [9.17, 15) is 9.59 Å². The van der Waals surface area contributed by atoms with Crippen LogP contribution in [0.25, 0.3) is 5.57 Å². The molecule has 3 nitrogen and oxygen atoms in total. The van der Waals surface area contributed by atoms with Gasteiger partial charge in [0.15, 0.2) is 0 Å². The highest BCUT2D eigenvalue weighted by Crippen LogP contribution is 2.39. The number of benzene rings is 2. The number of Topliss-reactive ketones (excluding diaryl/α,β-unsaturated/α-hetero) is 1. The van der Waals surface area contributed by atoms with E-state index in [-0.39, 0.29) is 18.0 Å². The summed E-state index contributed by atoms with van der Waals surface area (Å²) in [5.41, 5.74) is 2.64. The topological polar surface area (TPSA) is 43.4 Å². The molecule has 2 aromatic carbocycles. The van der Waals surface area contributed by atoms with Crippen LogP contribution in [0.3, 0.4) is 0 Å². The molecule has 0 unspecified atom stereocenters. The van der Waals surface area contributed by atoms with Crippen molar-refractivity contribution in [2.75, 3.05) is 6.61 Å². The van der Waals surface area contributed by atoms with Crippen molar-refractivity contribution in [3.63, 3.8) is 0 Å². The standard InChI is InChI=1S/C18H13ClO3/c1-2-22-18(21)16-15(11-6-4-3-5-7-11)13-9-8-12(19)10-14(13)17(16)20/h3-10H,2H2,1H3. The number of hydrogen-bond acceptors (Lipinski definition) is 3. The number of fused-ring (bicyclic) bond motifs is 1. The summed E-state index contributed by atoms with van der Waals surface area (Å²) in [5.74, 6) is -0.937. The lowest BCUT2D eigenvalue weighted by Gasteiger charge is -2.07. The van der Waals surface area contributed by atoms with Gasteiger partial charge in [-0.05, 0) is 30.2 Å². The van der Waals surface area contributed by atoms with Crippen LogP contribution in [0.4, 0.5) is 0 Å². The Morgan fingerprint density at radius 3 is 2.50 bits per heavy atom. The Balaban J connectivity index is 2.25. The molecule has 0 heterocycles. The molecule has 0 aliphatic heterocycles. The highest BCUT2D eigenvalue weighted by molar-refractivity contribution is 6.37. The predicted octanol–water partition coefficient (Wildman–Crippen LogP) is 3.90. The van der Waals surface area contributed by atoms with Gasteiger partial charge in [0.2, 0.25) is 5.78 Å². The molecule has 0 saturated carbocycles. The van der Waals surface area contributed by atoms with E-state index < -0.39 is 5.97 Å². The Labute approximate surface area is 133 Å². The molecular formula is C18H13ClO3. The molecule has 0 aromatic heterocycles. The van der Waals surface area contributed by atoms with E-state index in [0.717, 1.165) is 5.56 Å². The van der Waals surface area contributed by atoms with Crippen molar-refractivity contribution in [1.82, 2.24) is 0 Å². The Hall–Kier alpha value is -2.39. The van der Waals surface area contributed by atoms with E-state index in [4.69, 9.17) is 16.3 Å². The lowest BCUT2D eigenvalue weighted by molar-refractivity contribution is -0.137. The van der Waals surface area contributed by atoms with Crippen LogP contribution in [0.1, 0.15) is 28.4 Å². The number of esters is 1. The van der Waals surface area contributed by atoms with E-state index in [1.54, 1.807) is 25.1 Å². The van der Waals surface area contributed by atoms with Crippen molar-refractivity contribution in [2.24, 2.45) is 0 Å². The number of carbonyl (C=O) groups is 2. The normalized spacial score (nSPS) is 13.3. The molecule has 0 radical (unpaired) electrons. The zero-order valence-corrected chi connectivity index (χ0v) is 12.7. The molecule has 0 saturated heterocycles. The molecule has 110 valence electrons. The van der Waals surface area contributed by atoms with Crippen molar-refractivity contribution >= 4 is 28.9 Å². The van der Waals surface area contributed by atoms with Crippen molar-refractivity contribution in [1.29, 1.82) is 0 Å². The lowest BCUT2D eigenvalue weighted by Crippen LogP contribution is -2.14. The summed E-state index contributed by atoms with van der Waals surface area (Å²) >= 11 is 5.98. The van der Waals surface area contributed by atoms with Crippen molar-refractivity contribution in [2.45, 2.75) is 6.92 Å². The Morgan fingerprint density at radius 2 is 1.82 bits per heavy atom. The fourth-order valence-corrected chi connectivity index (χ4v) is 2.78. The van der Waals surface area contributed by atoms with Gasteiger partial charge in [-0.15, -0.1) is 0 Å². The van der Waals surface area contributed by atoms with Crippen LogP contribution < -0.4 is 0 Å². The highest BCUT2D eigenvalue weighted by Gasteiger charge is 2.35. The second kappa shape index (κ2) is 5.78. The zero-order valence-electron chi connectivity index (χ0n) is 11.9. The molecule has 0 atom stereocenters. The Bertz CT molecular complexity index is 791. The number of halogens is 1. The first kappa shape index (κ1) is 14.5. The molecule has 1 aliphatic rings. The Morgan fingerprint density at radius 1 is 1.09 bits per heavy atom. The molecule has 3 rings (SSSR count). The monoisotopic (exact) mass is 312 g/mol. The van der Waals surface area contributed by atoms with Gasteiger partial charge in [0.05, 0.1) is 6.61 Å². The second-order valence-electron chi connectivity index (χ2n) is 4.86. The summed E-state index contributed by atoms with van der Waals surface area (Å²) in [7, 11) is 0. The molecule has 4 heteroatoms.